The molecule has 2 rings (SSSR count). The number of hydrogen-bond acceptors (Lipinski definition) is 5. The van der Waals surface area contributed by atoms with E-state index in [1.54, 1.807) is 12.1 Å². The number of ether oxygens (including phenoxy) is 1. The normalized spacial score (nSPS) is 10.6. The van der Waals surface area contributed by atoms with Crippen LogP contribution >= 0.6 is 0 Å². The first-order valence-corrected chi connectivity index (χ1v) is 5.57. The Morgan fingerprint density at radius 3 is 3.00 bits per heavy atom. The Balaban J connectivity index is 2.45. The smallest absolute Gasteiger partial charge is 0.188 e. The molecule has 2 N–H and O–H groups in total. The van der Waals surface area contributed by atoms with Crippen molar-refractivity contribution in [2.75, 3.05) is 13.7 Å². The van der Waals surface area contributed by atoms with Crippen LogP contribution in [0.15, 0.2) is 18.2 Å². The van der Waals surface area contributed by atoms with Gasteiger partial charge in [-0.25, -0.2) is 9.07 Å². The largest absolute Gasteiger partial charge is 0.496 e. The number of halogens is 1. The Morgan fingerprint density at radius 1 is 1.44 bits per heavy atom. The lowest BCUT2D eigenvalue weighted by Crippen LogP contribution is -2.09. The molecule has 0 radical (unpaired) electrons. The van der Waals surface area contributed by atoms with Crippen LogP contribution in [0.3, 0.4) is 0 Å². The summed E-state index contributed by atoms with van der Waals surface area (Å²) in [4.78, 5) is 0. The van der Waals surface area contributed by atoms with Gasteiger partial charge in [0.2, 0.25) is 0 Å². The zero-order chi connectivity index (χ0) is 13.0. The van der Waals surface area contributed by atoms with Crippen LogP contribution in [0.2, 0.25) is 0 Å². The molecular weight excluding hydrogens is 237 g/mol. The lowest BCUT2D eigenvalue weighted by molar-refractivity contribution is 0.412. The SMILES string of the molecule is COc1cccc(F)c1-c1nnnn1CCCN. The molecule has 0 saturated carbocycles. The molecule has 0 unspecified atom stereocenters. The minimum atomic E-state index is -0.418. The van der Waals surface area contributed by atoms with E-state index in [1.165, 1.54) is 17.9 Å². The molecule has 0 amide bonds. The summed E-state index contributed by atoms with van der Waals surface area (Å²) in [7, 11) is 1.48. The van der Waals surface area contributed by atoms with Crippen LogP contribution in [0.5, 0.6) is 5.75 Å². The number of aryl methyl sites for hydroxylation is 1. The topological polar surface area (TPSA) is 78.9 Å². The maximum absolute atomic E-state index is 13.9. The summed E-state index contributed by atoms with van der Waals surface area (Å²) in [5.74, 6) is 0.329. The van der Waals surface area contributed by atoms with Crippen molar-refractivity contribution < 1.29 is 9.13 Å². The lowest BCUT2D eigenvalue weighted by atomic mass is 10.1. The number of nitrogens with two attached hydrogens (primary N) is 1. The monoisotopic (exact) mass is 251 g/mol. The Bertz CT molecular complexity index is 528. The Morgan fingerprint density at radius 2 is 2.28 bits per heavy atom. The summed E-state index contributed by atoms with van der Waals surface area (Å²) < 4.78 is 20.5. The third kappa shape index (κ3) is 2.30. The van der Waals surface area contributed by atoms with Crippen molar-refractivity contribution in [3.63, 3.8) is 0 Å². The van der Waals surface area contributed by atoms with Gasteiger partial charge in [0, 0.05) is 6.54 Å². The second-order valence-corrected chi connectivity index (χ2v) is 3.68. The van der Waals surface area contributed by atoms with E-state index in [0.717, 1.165) is 6.42 Å². The van der Waals surface area contributed by atoms with Gasteiger partial charge in [0.1, 0.15) is 11.6 Å². The molecule has 2 aromatic rings. The van der Waals surface area contributed by atoms with E-state index < -0.39 is 5.82 Å². The molecule has 6 nitrogen and oxygen atoms in total. The zero-order valence-corrected chi connectivity index (χ0v) is 10.0. The van der Waals surface area contributed by atoms with E-state index in [1.807, 2.05) is 0 Å². The molecule has 0 bridgehead atoms. The Labute approximate surface area is 104 Å². The van der Waals surface area contributed by atoms with E-state index in [9.17, 15) is 4.39 Å². The van der Waals surface area contributed by atoms with E-state index in [4.69, 9.17) is 10.5 Å². The first kappa shape index (κ1) is 12.4. The number of methoxy groups -OCH3 is 1. The van der Waals surface area contributed by atoms with Crippen LogP contribution in [0.1, 0.15) is 6.42 Å². The molecule has 0 fully saturated rings. The molecule has 0 aliphatic rings. The molecule has 1 aromatic heterocycles. The average Bonchev–Trinajstić information content (AvgIpc) is 2.83. The maximum atomic E-state index is 13.9. The number of aromatic nitrogens is 4. The third-order valence-electron chi connectivity index (χ3n) is 2.52. The number of hydrogen-bond donors (Lipinski definition) is 1. The number of tetrazole rings is 1. The van der Waals surface area contributed by atoms with E-state index in [0.29, 0.717) is 24.7 Å². The van der Waals surface area contributed by atoms with Crippen LogP contribution in [-0.2, 0) is 6.54 Å². The predicted molar refractivity (Wildman–Crippen MR) is 63.4 cm³/mol. The van der Waals surface area contributed by atoms with Gasteiger partial charge in [-0.15, -0.1) is 5.10 Å². The highest BCUT2D eigenvalue weighted by atomic mass is 19.1. The van der Waals surface area contributed by atoms with Crippen molar-refractivity contribution in [2.24, 2.45) is 5.73 Å². The molecule has 0 atom stereocenters. The second-order valence-electron chi connectivity index (χ2n) is 3.68. The number of rotatable bonds is 5. The van der Waals surface area contributed by atoms with Gasteiger partial charge in [-0.05, 0) is 35.5 Å². The first-order valence-electron chi connectivity index (χ1n) is 5.57. The second kappa shape index (κ2) is 5.54. The quantitative estimate of drug-likeness (QED) is 0.851. The Kier molecular flexibility index (Phi) is 3.83. The van der Waals surface area contributed by atoms with Gasteiger partial charge in [-0.1, -0.05) is 6.07 Å². The minimum Gasteiger partial charge on any atom is -0.496 e. The first-order chi connectivity index (χ1) is 8.77. The number of benzene rings is 1. The van der Waals surface area contributed by atoms with Gasteiger partial charge in [-0.2, -0.15) is 0 Å². The van der Waals surface area contributed by atoms with Crippen molar-refractivity contribution in [3.8, 4) is 17.1 Å². The fourth-order valence-corrected chi connectivity index (χ4v) is 1.67. The number of nitrogens with zero attached hydrogens (tertiary/aromatic N) is 4. The minimum absolute atomic E-state index is 0.266. The molecule has 0 aliphatic carbocycles. The highest BCUT2D eigenvalue weighted by Crippen LogP contribution is 2.30. The van der Waals surface area contributed by atoms with Crippen LogP contribution < -0.4 is 10.5 Å². The summed E-state index contributed by atoms with van der Waals surface area (Å²) in [6, 6.07) is 4.59. The lowest BCUT2D eigenvalue weighted by Gasteiger charge is -2.09. The summed E-state index contributed by atoms with van der Waals surface area (Å²) >= 11 is 0. The molecule has 96 valence electrons. The van der Waals surface area contributed by atoms with Gasteiger partial charge in [0.25, 0.3) is 0 Å². The van der Waals surface area contributed by atoms with Crippen molar-refractivity contribution in [1.82, 2.24) is 20.2 Å². The summed E-state index contributed by atoms with van der Waals surface area (Å²) in [6.45, 7) is 1.06. The standard InChI is InChI=1S/C11H14FN5O/c1-18-9-5-2-4-8(12)10(9)11-14-15-16-17(11)7-3-6-13/h2,4-5H,3,6-7,13H2,1H3. The third-order valence-corrected chi connectivity index (χ3v) is 2.52. The highest BCUT2D eigenvalue weighted by molar-refractivity contribution is 5.64. The van der Waals surface area contributed by atoms with Crippen molar-refractivity contribution in [1.29, 1.82) is 0 Å². The maximum Gasteiger partial charge on any atom is 0.188 e. The molecule has 1 aromatic carbocycles. The summed E-state index contributed by atoms with van der Waals surface area (Å²) in [5, 5.41) is 11.2. The molecule has 1 heterocycles. The molecule has 18 heavy (non-hydrogen) atoms. The molecule has 0 saturated heterocycles. The van der Waals surface area contributed by atoms with Gasteiger partial charge >= 0.3 is 0 Å². The van der Waals surface area contributed by atoms with Crippen LogP contribution in [0, 0.1) is 5.82 Å². The Hall–Kier alpha value is -2.02. The van der Waals surface area contributed by atoms with Gasteiger partial charge < -0.3 is 10.5 Å². The van der Waals surface area contributed by atoms with Gasteiger partial charge in [0.15, 0.2) is 5.82 Å². The van der Waals surface area contributed by atoms with Crippen molar-refractivity contribution in [3.05, 3.63) is 24.0 Å². The highest BCUT2D eigenvalue weighted by Gasteiger charge is 2.18. The van der Waals surface area contributed by atoms with E-state index >= 15 is 0 Å². The van der Waals surface area contributed by atoms with Gasteiger partial charge in [-0.3, -0.25) is 0 Å². The molecule has 0 aliphatic heterocycles. The molecular formula is C11H14FN5O. The summed E-state index contributed by atoms with van der Waals surface area (Å²) in [6.07, 6.45) is 0.717. The molecule has 0 spiro atoms. The van der Waals surface area contributed by atoms with Gasteiger partial charge in [0.05, 0.1) is 12.7 Å². The van der Waals surface area contributed by atoms with Crippen LogP contribution in [-0.4, -0.2) is 33.9 Å². The fraction of sp³-hybridized carbons (Fsp3) is 0.364. The van der Waals surface area contributed by atoms with Crippen LogP contribution in [0.4, 0.5) is 4.39 Å². The van der Waals surface area contributed by atoms with Crippen LogP contribution in [0.25, 0.3) is 11.4 Å². The molecule has 7 heteroatoms. The fourth-order valence-electron chi connectivity index (χ4n) is 1.67. The van der Waals surface area contributed by atoms with E-state index in [2.05, 4.69) is 15.5 Å². The predicted octanol–water partition coefficient (Wildman–Crippen LogP) is 0.837. The summed E-state index contributed by atoms with van der Waals surface area (Å²) in [5.41, 5.74) is 5.70. The van der Waals surface area contributed by atoms with Crippen molar-refractivity contribution in [2.45, 2.75) is 13.0 Å². The van der Waals surface area contributed by atoms with E-state index in [-0.39, 0.29) is 5.56 Å². The zero-order valence-electron chi connectivity index (χ0n) is 10.0. The van der Waals surface area contributed by atoms with Crippen molar-refractivity contribution >= 4 is 0 Å². The average molecular weight is 251 g/mol.